The van der Waals surface area contributed by atoms with Crippen molar-refractivity contribution in [1.29, 1.82) is 0 Å². The first-order valence-electron chi connectivity index (χ1n) is 11.6. The van der Waals surface area contributed by atoms with E-state index in [0.717, 1.165) is 36.1 Å². The van der Waals surface area contributed by atoms with Crippen LogP contribution in [0, 0.1) is 6.92 Å². The molecule has 33 heavy (non-hydrogen) atoms. The zero-order valence-electron chi connectivity index (χ0n) is 19.3. The lowest BCUT2D eigenvalue weighted by Gasteiger charge is -2.31. The first-order valence-corrected chi connectivity index (χ1v) is 13.3. The van der Waals surface area contributed by atoms with Gasteiger partial charge in [0.2, 0.25) is 11.8 Å². The molecular formula is C26H32Cl2N2O2S. The lowest BCUT2D eigenvalue weighted by atomic mass is 10.1. The largest absolute Gasteiger partial charge is 0.352 e. The topological polar surface area (TPSA) is 49.4 Å². The van der Waals surface area contributed by atoms with Gasteiger partial charge in [-0.05, 0) is 56.0 Å². The number of hydrogen-bond acceptors (Lipinski definition) is 3. The van der Waals surface area contributed by atoms with Crippen molar-refractivity contribution in [3.63, 3.8) is 0 Å². The molecule has 2 aromatic carbocycles. The van der Waals surface area contributed by atoms with Gasteiger partial charge in [-0.1, -0.05) is 66.7 Å². The second-order valence-electron chi connectivity index (χ2n) is 8.60. The second-order valence-corrected chi connectivity index (χ2v) is 10.6. The molecule has 2 aromatic rings. The van der Waals surface area contributed by atoms with E-state index in [2.05, 4.69) is 36.5 Å². The first-order chi connectivity index (χ1) is 15.9. The Morgan fingerprint density at radius 1 is 1.09 bits per heavy atom. The van der Waals surface area contributed by atoms with Crippen molar-refractivity contribution < 1.29 is 9.59 Å². The molecule has 2 amide bonds. The predicted molar refractivity (Wildman–Crippen MR) is 138 cm³/mol. The van der Waals surface area contributed by atoms with E-state index in [9.17, 15) is 9.59 Å². The van der Waals surface area contributed by atoms with Crippen molar-refractivity contribution in [3.05, 3.63) is 63.6 Å². The summed E-state index contributed by atoms with van der Waals surface area (Å²) in [5.74, 6) is 0.554. The Bertz CT molecular complexity index is 946. The normalized spacial score (nSPS) is 14.8. The monoisotopic (exact) mass is 506 g/mol. The van der Waals surface area contributed by atoms with Crippen LogP contribution in [0.3, 0.4) is 0 Å². The molecule has 0 heterocycles. The van der Waals surface area contributed by atoms with E-state index in [1.807, 2.05) is 13.0 Å². The van der Waals surface area contributed by atoms with Crippen LogP contribution in [0.4, 0.5) is 0 Å². The van der Waals surface area contributed by atoms with E-state index >= 15 is 0 Å². The molecular weight excluding hydrogens is 475 g/mol. The Morgan fingerprint density at radius 3 is 2.42 bits per heavy atom. The van der Waals surface area contributed by atoms with Crippen LogP contribution in [0.5, 0.6) is 0 Å². The first kappa shape index (κ1) is 25.9. The van der Waals surface area contributed by atoms with Gasteiger partial charge in [-0.15, -0.1) is 11.8 Å². The van der Waals surface area contributed by atoms with E-state index in [4.69, 9.17) is 23.2 Å². The zero-order valence-corrected chi connectivity index (χ0v) is 21.6. The molecule has 178 valence electrons. The molecule has 0 bridgehead atoms. The summed E-state index contributed by atoms with van der Waals surface area (Å²) in [6.45, 7) is 4.33. The minimum atomic E-state index is -0.517. The van der Waals surface area contributed by atoms with Crippen LogP contribution < -0.4 is 5.32 Å². The molecule has 3 rings (SSSR count). The summed E-state index contributed by atoms with van der Waals surface area (Å²) >= 11 is 13.9. The number of amides is 2. The van der Waals surface area contributed by atoms with Gasteiger partial charge in [-0.3, -0.25) is 9.59 Å². The van der Waals surface area contributed by atoms with Crippen molar-refractivity contribution in [2.24, 2.45) is 0 Å². The molecule has 0 aliphatic heterocycles. The Hall–Kier alpha value is -1.69. The van der Waals surface area contributed by atoms with E-state index in [1.54, 1.807) is 28.8 Å². The van der Waals surface area contributed by atoms with E-state index in [-0.39, 0.29) is 17.9 Å². The van der Waals surface area contributed by atoms with Crippen molar-refractivity contribution in [3.8, 4) is 0 Å². The summed E-state index contributed by atoms with van der Waals surface area (Å²) in [4.78, 5) is 29.4. The average molecular weight is 508 g/mol. The van der Waals surface area contributed by atoms with Crippen LogP contribution in [-0.2, 0) is 16.1 Å². The van der Waals surface area contributed by atoms with Crippen LogP contribution in [0.25, 0.3) is 0 Å². The highest BCUT2D eigenvalue weighted by Crippen LogP contribution is 2.25. The van der Waals surface area contributed by atoms with Crippen molar-refractivity contribution in [2.75, 3.05) is 5.75 Å². The quantitative estimate of drug-likeness (QED) is 0.367. The van der Waals surface area contributed by atoms with Gasteiger partial charge in [0.15, 0.2) is 0 Å². The summed E-state index contributed by atoms with van der Waals surface area (Å²) < 4.78 is 0. The highest BCUT2D eigenvalue weighted by molar-refractivity contribution is 7.99. The summed E-state index contributed by atoms with van der Waals surface area (Å²) in [5.41, 5.74) is 2.07. The lowest BCUT2D eigenvalue weighted by Crippen LogP contribution is -2.51. The fraction of sp³-hybridized carbons (Fsp3) is 0.462. The number of rotatable bonds is 10. The van der Waals surface area contributed by atoms with Gasteiger partial charge >= 0.3 is 0 Å². The molecule has 0 spiro atoms. The summed E-state index contributed by atoms with van der Waals surface area (Å²) in [7, 11) is 0. The van der Waals surface area contributed by atoms with Crippen molar-refractivity contribution in [1.82, 2.24) is 10.2 Å². The predicted octanol–water partition coefficient (Wildman–Crippen LogP) is 6.65. The molecule has 1 aliphatic rings. The third kappa shape index (κ3) is 7.66. The number of halogens is 2. The molecule has 0 saturated heterocycles. The molecule has 1 fully saturated rings. The van der Waals surface area contributed by atoms with Crippen LogP contribution in [-0.4, -0.2) is 34.6 Å². The van der Waals surface area contributed by atoms with Crippen LogP contribution in [0.2, 0.25) is 10.0 Å². The van der Waals surface area contributed by atoms with Crippen molar-refractivity contribution >= 4 is 46.8 Å². The molecule has 7 heteroatoms. The molecule has 1 saturated carbocycles. The van der Waals surface area contributed by atoms with Crippen LogP contribution in [0.1, 0.15) is 56.6 Å². The number of aryl methyl sites for hydroxylation is 1. The van der Waals surface area contributed by atoms with Crippen LogP contribution in [0.15, 0.2) is 47.4 Å². The van der Waals surface area contributed by atoms with E-state index in [1.165, 1.54) is 5.56 Å². The van der Waals surface area contributed by atoms with Gasteiger partial charge in [-0.2, -0.15) is 0 Å². The second kappa shape index (κ2) is 12.7. The van der Waals surface area contributed by atoms with Gasteiger partial charge < -0.3 is 10.2 Å². The van der Waals surface area contributed by atoms with Gasteiger partial charge in [-0.25, -0.2) is 0 Å². The van der Waals surface area contributed by atoms with E-state index < -0.39 is 6.04 Å². The van der Waals surface area contributed by atoms with Crippen molar-refractivity contribution in [2.45, 2.75) is 75.9 Å². The Labute approximate surface area is 211 Å². The molecule has 1 N–H and O–H groups in total. The summed E-state index contributed by atoms with van der Waals surface area (Å²) in [6.07, 6.45) is 5.21. The number of carbonyl (C=O) groups excluding carboxylic acids is 2. The maximum Gasteiger partial charge on any atom is 0.243 e. The number of thioether (sulfide) groups is 1. The maximum absolute atomic E-state index is 13.4. The number of benzene rings is 2. The average Bonchev–Trinajstić information content (AvgIpc) is 3.30. The standard InChI is InChI=1S/C26H32Cl2N2O2S/c1-3-24(26(32)29-20-6-4-5-7-20)30(17-19-10-13-22(27)23(28)16-19)25(31)14-15-33-21-11-8-18(2)9-12-21/h8-13,16,20,24H,3-7,14-15,17H2,1-2H3,(H,29,32)/t24-/m0/s1. The SMILES string of the molecule is CC[C@@H](C(=O)NC1CCCC1)N(Cc1ccc(Cl)c(Cl)c1)C(=O)CCSc1ccc(C)cc1. The minimum absolute atomic E-state index is 0.0332. The summed E-state index contributed by atoms with van der Waals surface area (Å²) in [6, 6.07) is 13.3. The summed E-state index contributed by atoms with van der Waals surface area (Å²) in [5, 5.41) is 4.09. The fourth-order valence-corrected chi connectivity index (χ4v) is 5.32. The lowest BCUT2D eigenvalue weighted by molar-refractivity contribution is -0.141. The van der Waals surface area contributed by atoms with Gasteiger partial charge in [0.25, 0.3) is 0 Å². The smallest absolute Gasteiger partial charge is 0.243 e. The molecule has 4 nitrogen and oxygen atoms in total. The van der Waals surface area contributed by atoms with Gasteiger partial charge in [0.1, 0.15) is 6.04 Å². The number of nitrogens with one attached hydrogen (secondary N) is 1. The maximum atomic E-state index is 13.4. The number of nitrogens with zero attached hydrogens (tertiary/aromatic N) is 1. The van der Waals surface area contributed by atoms with Crippen LogP contribution >= 0.6 is 35.0 Å². The third-order valence-corrected chi connectivity index (χ3v) is 7.78. The molecule has 1 aliphatic carbocycles. The minimum Gasteiger partial charge on any atom is -0.352 e. The molecule has 0 unspecified atom stereocenters. The highest BCUT2D eigenvalue weighted by atomic mass is 35.5. The number of carbonyl (C=O) groups is 2. The Balaban J connectivity index is 1.71. The Kier molecular flexibility index (Phi) is 9.96. The molecule has 0 aromatic heterocycles. The fourth-order valence-electron chi connectivity index (χ4n) is 4.16. The van der Waals surface area contributed by atoms with E-state index in [0.29, 0.717) is 35.2 Å². The third-order valence-electron chi connectivity index (χ3n) is 6.03. The highest BCUT2D eigenvalue weighted by Gasteiger charge is 2.30. The zero-order chi connectivity index (χ0) is 23.8. The molecule has 1 atom stereocenters. The van der Waals surface area contributed by atoms with Gasteiger partial charge in [0.05, 0.1) is 10.0 Å². The number of hydrogen-bond donors (Lipinski definition) is 1. The Morgan fingerprint density at radius 2 is 1.79 bits per heavy atom. The molecule has 0 radical (unpaired) electrons. The van der Waals surface area contributed by atoms with Gasteiger partial charge in [0, 0.05) is 29.7 Å².